The fraction of sp³-hybridized carbons (Fsp3) is 0.294. The van der Waals surface area contributed by atoms with Crippen LogP contribution in [0, 0.1) is 0 Å². The summed E-state index contributed by atoms with van der Waals surface area (Å²) in [4.78, 5) is 0. The van der Waals surface area contributed by atoms with Gasteiger partial charge in [-0.2, -0.15) is 0 Å². The van der Waals surface area contributed by atoms with Crippen LogP contribution in [-0.2, 0) is 11.3 Å². The third-order valence-electron chi connectivity index (χ3n) is 2.96. The maximum absolute atomic E-state index is 5.71. The fourth-order valence-electron chi connectivity index (χ4n) is 1.65. The number of hydrogen-bond acceptors (Lipinski definition) is 3. The van der Waals surface area contributed by atoms with Crippen molar-refractivity contribution in [2.45, 2.75) is 19.6 Å². The average molecular weight is 272 g/mol. The molecule has 106 valence electrons. The summed E-state index contributed by atoms with van der Waals surface area (Å²) in [5.74, 6) is 1.65. The van der Waals surface area contributed by atoms with Crippen molar-refractivity contribution in [1.29, 1.82) is 0 Å². The molecule has 0 radical (unpaired) electrons. The summed E-state index contributed by atoms with van der Waals surface area (Å²) in [5, 5.41) is 0. The Kier molecular flexibility index (Phi) is 5.44. The van der Waals surface area contributed by atoms with Gasteiger partial charge in [-0.25, -0.2) is 0 Å². The molecule has 2 aromatic carbocycles. The number of benzene rings is 2. The summed E-state index contributed by atoms with van der Waals surface area (Å²) < 4.78 is 16.4. The van der Waals surface area contributed by atoms with Crippen molar-refractivity contribution in [3.05, 3.63) is 60.2 Å². The molecule has 0 aromatic heterocycles. The van der Waals surface area contributed by atoms with Gasteiger partial charge in [0.25, 0.3) is 0 Å². The molecule has 2 rings (SSSR count). The molecule has 20 heavy (non-hydrogen) atoms. The van der Waals surface area contributed by atoms with Crippen LogP contribution in [0.3, 0.4) is 0 Å². The van der Waals surface area contributed by atoms with Gasteiger partial charge in [-0.15, -0.1) is 0 Å². The van der Waals surface area contributed by atoms with E-state index in [4.69, 9.17) is 14.2 Å². The number of methoxy groups -OCH3 is 1. The van der Waals surface area contributed by atoms with Crippen LogP contribution in [-0.4, -0.2) is 19.8 Å². The summed E-state index contributed by atoms with van der Waals surface area (Å²) >= 11 is 0. The minimum Gasteiger partial charge on any atom is -0.491 e. The molecule has 0 fully saturated rings. The van der Waals surface area contributed by atoms with Crippen LogP contribution in [0.5, 0.6) is 11.5 Å². The average Bonchev–Trinajstić information content (AvgIpc) is 2.52. The Morgan fingerprint density at radius 2 is 1.45 bits per heavy atom. The van der Waals surface area contributed by atoms with Gasteiger partial charge in [0, 0.05) is 7.11 Å². The fourth-order valence-corrected chi connectivity index (χ4v) is 1.65. The lowest BCUT2D eigenvalue weighted by Gasteiger charge is -2.12. The maximum Gasteiger partial charge on any atom is 0.120 e. The minimum absolute atomic E-state index is 0.0870. The molecule has 1 unspecified atom stereocenters. The van der Waals surface area contributed by atoms with Crippen LogP contribution in [0.1, 0.15) is 12.5 Å². The molecule has 1 atom stereocenters. The first kappa shape index (κ1) is 14.4. The van der Waals surface area contributed by atoms with E-state index in [0.29, 0.717) is 13.2 Å². The molecular formula is C17H20O3. The van der Waals surface area contributed by atoms with Crippen LogP contribution in [0.15, 0.2) is 54.6 Å². The monoisotopic (exact) mass is 272 g/mol. The van der Waals surface area contributed by atoms with Crippen molar-refractivity contribution >= 4 is 0 Å². The number of ether oxygens (including phenoxy) is 3. The van der Waals surface area contributed by atoms with Gasteiger partial charge in [0.15, 0.2) is 0 Å². The van der Waals surface area contributed by atoms with E-state index in [1.807, 2.05) is 61.5 Å². The molecule has 0 saturated heterocycles. The van der Waals surface area contributed by atoms with E-state index in [9.17, 15) is 0 Å². The lowest BCUT2D eigenvalue weighted by atomic mass is 10.2. The maximum atomic E-state index is 5.71. The van der Waals surface area contributed by atoms with Gasteiger partial charge in [0.05, 0.1) is 6.10 Å². The molecule has 0 aliphatic heterocycles. The third-order valence-corrected chi connectivity index (χ3v) is 2.96. The molecule has 0 spiro atoms. The van der Waals surface area contributed by atoms with E-state index in [2.05, 4.69) is 0 Å². The zero-order valence-corrected chi connectivity index (χ0v) is 11.9. The van der Waals surface area contributed by atoms with E-state index in [-0.39, 0.29) is 6.10 Å². The van der Waals surface area contributed by atoms with E-state index >= 15 is 0 Å². The van der Waals surface area contributed by atoms with Crippen LogP contribution in [0.2, 0.25) is 0 Å². The highest BCUT2D eigenvalue weighted by Crippen LogP contribution is 2.19. The Morgan fingerprint density at radius 1 is 0.850 bits per heavy atom. The molecule has 3 nitrogen and oxygen atoms in total. The van der Waals surface area contributed by atoms with Crippen LogP contribution < -0.4 is 9.47 Å². The highest BCUT2D eigenvalue weighted by Gasteiger charge is 2.01. The van der Waals surface area contributed by atoms with Crippen molar-refractivity contribution in [2.24, 2.45) is 0 Å². The van der Waals surface area contributed by atoms with Crippen molar-refractivity contribution in [3.63, 3.8) is 0 Å². The van der Waals surface area contributed by atoms with Crippen LogP contribution in [0.4, 0.5) is 0 Å². The predicted octanol–water partition coefficient (Wildman–Crippen LogP) is 3.68. The van der Waals surface area contributed by atoms with Gasteiger partial charge in [0.1, 0.15) is 24.7 Å². The zero-order chi connectivity index (χ0) is 14.2. The van der Waals surface area contributed by atoms with Gasteiger partial charge in [-0.05, 0) is 36.8 Å². The number of hydrogen-bond donors (Lipinski definition) is 0. The SMILES string of the molecule is COC(C)COc1ccc(OCc2ccccc2)cc1. The van der Waals surface area contributed by atoms with Gasteiger partial charge in [-0.1, -0.05) is 30.3 Å². The molecule has 0 bridgehead atoms. The molecule has 0 amide bonds. The topological polar surface area (TPSA) is 27.7 Å². The number of rotatable bonds is 7. The van der Waals surface area contributed by atoms with Crippen LogP contribution in [0.25, 0.3) is 0 Å². The quantitative estimate of drug-likeness (QED) is 0.769. The van der Waals surface area contributed by atoms with E-state index < -0.39 is 0 Å². The Bertz CT molecular complexity index is 493. The second-order valence-corrected chi connectivity index (χ2v) is 4.60. The minimum atomic E-state index is 0.0870. The molecule has 2 aromatic rings. The van der Waals surface area contributed by atoms with Gasteiger partial charge in [0.2, 0.25) is 0 Å². The molecule has 0 heterocycles. The lowest BCUT2D eigenvalue weighted by molar-refractivity contribution is 0.0716. The first-order valence-corrected chi connectivity index (χ1v) is 6.70. The van der Waals surface area contributed by atoms with E-state index in [1.165, 1.54) is 0 Å². The first-order chi connectivity index (χ1) is 9.78. The molecule has 0 aliphatic carbocycles. The molecular weight excluding hydrogens is 252 g/mol. The summed E-state index contributed by atoms with van der Waals surface area (Å²) in [6, 6.07) is 17.7. The smallest absolute Gasteiger partial charge is 0.120 e. The second kappa shape index (κ2) is 7.56. The standard InChI is InChI=1S/C17H20O3/c1-14(18-2)12-19-16-8-10-17(11-9-16)20-13-15-6-4-3-5-7-15/h3-11,14H,12-13H2,1-2H3. The largest absolute Gasteiger partial charge is 0.491 e. The summed E-state index contributed by atoms with van der Waals surface area (Å²) in [6.07, 6.45) is 0.0870. The normalized spacial score (nSPS) is 11.9. The summed E-state index contributed by atoms with van der Waals surface area (Å²) in [7, 11) is 1.68. The predicted molar refractivity (Wildman–Crippen MR) is 79.2 cm³/mol. The molecule has 0 saturated carbocycles. The van der Waals surface area contributed by atoms with E-state index in [0.717, 1.165) is 17.1 Å². The Morgan fingerprint density at radius 3 is 2.05 bits per heavy atom. The Hall–Kier alpha value is -2.00. The lowest BCUT2D eigenvalue weighted by Crippen LogP contribution is -2.15. The van der Waals surface area contributed by atoms with Gasteiger partial charge < -0.3 is 14.2 Å². The van der Waals surface area contributed by atoms with Crippen molar-refractivity contribution in [2.75, 3.05) is 13.7 Å². The van der Waals surface area contributed by atoms with Crippen molar-refractivity contribution in [3.8, 4) is 11.5 Å². The Labute approximate surface area is 120 Å². The second-order valence-electron chi connectivity index (χ2n) is 4.60. The first-order valence-electron chi connectivity index (χ1n) is 6.70. The van der Waals surface area contributed by atoms with Crippen molar-refractivity contribution in [1.82, 2.24) is 0 Å². The molecule has 0 aliphatic rings. The van der Waals surface area contributed by atoms with Gasteiger partial charge >= 0.3 is 0 Å². The highest BCUT2D eigenvalue weighted by atomic mass is 16.5. The molecule has 3 heteroatoms. The third kappa shape index (κ3) is 4.59. The van der Waals surface area contributed by atoms with E-state index in [1.54, 1.807) is 7.11 Å². The summed E-state index contributed by atoms with van der Waals surface area (Å²) in [5.41, 5.74) is 1.15. The zero-order valence-electron chi connectivity index (χ0n) is 11.9. The van der Waals surface area contributed by atoms with Gasteiger partial charge in [-0.3, -0.25) is 0 Å². The summed E-state index contributed by atoms with van der Waals surface area (Å²) in [6.45, 7) is 3.08. The van der Waals surface area contributed by atoms with Crippen LogP contribution >= 0.6 is 0 Å². The highest BCUT2D eigenvalue weighted by molar-refractivity contribution is 5.31. The van der Waals surface area contributed by atoms with Crippen molar-refractivity contribution < 1.29 is 14.2 Å². The molecule has 0 N–H and O–H groups in total. The Balaban J connectivity index is 1.82.